The molecule has 1 atom stereocenters. The number of carbonyl (C=O) groups is 2. The molecule has 1 rings (SSSR count). The van der Waals surface area contributed by atoms with Crippen LogP contribution in [-0.4, -0.2) is 38.0 Å². The molecule has 3 N–H and O–H groups in total. The molecule has 0 aliphatic rings. The fourth-order valence-electron chi connectivity index (χ4n) is 1.90. The van der Waals surface area contributed by atoms with Crippen molar-refractivity contribution in [1.82, 2.24) is 10.0 Å². The van der Waals surface area contributed by atoms with Gasteiger partial charge in [0.25, 0.3) is 10.0 Å². The molecule has 0 bridgehead atoms. The van der Waals surface area contributed by atoms with Crippen LogP contribution in [0.2, 0.25) is 0 Å². The summed E-state index contributed by atoms with van der Waals surface area (Å²) in [5.74, 6) is -1.65. The molecule has 9 heteroatoms. The van der Waals surface area contributed by atoms with Crippen LogP contribution in [-0.2, 0) is 26.0 Å². The average molecular weight is 391 g/mol. The number of hydrogen-bond acceptors (Lipinski definition) is 5. The number of carbonyl (C=O) groups excluding carboxylic acids is 1. The molecule has 25 heavy (non-hydrogen) atoms. The first-order chi connectivity index (χ1) is 11.3. The molecule has 7 nitrogen and oxygen atoms in total. The van der Waals surface area contributed by atoms with Gasteiger partial charge in [-0.1, -0.05) is 34.6 Å². The third-order valence-corrected chi connectivity index (χ3v) is 6.53. The maximum Gasteiger partial charge on any atom is 0.322 e. The van der Waals surface area contributed by atoms with E-state index >= 15 is 0 Å². The van der Waals surface area contributed by atoms with Crippen LogP contribution >= 0.6 is 11.3 Å². The largest absolute Gasteiger partial charge is 0.480 e. The Labute approximate surface area is 152 Å². The fraction of sp³-hybridized carbons (Fsp3) is 0.625. The van der Waals surface area contributed by atoms with Crippen LogP contribution in [0.3, 0.4) is 0 Å². The van der Waals surface area contributed by atoms with Crippen molar-refractivity contribution in [3.63, 3.8) is 0 Å². The number of thiophene rings is 1. The molecule has 0 aliphatic carbocycles. The van der Waals surface area contributed by atoms with Gasteiger partial charge in [-0.2, -0.15) is 4.72 Å². The van der Waals surface area contributed by atoms with E-state index in [0.717, 1.165) is 16.2 Å². The minimum absolute atomic E-state index is 0.0662. The second-order valence-electron chi connectivity index (χ2n) is 7.16. The highest BCUT2D eigenvalue weighted by atomic mass is 32.2. The van der Waals surface area contributed by atoms with Gasteiger partial charge in [0.2, 0.25) is 5.91 Å². The monoisotopic (exact) mass is 390 g/mol. The van der Waals surface area contributed by atoms with E-state index in [9.17, 15) is 18.0 Å². The van der Waals surface area contributed by atoms with E-state index in [1.54, 1.807) is 19.9 Å². The Hall–Kier alpha value is -1.45. The van der Waals surface area contributed by atoms with Crippen LogP contribution in [0.25, 0.3) is 0 Å². The number of rotatable bonds is 8. The first-order valence-electron chi connectivity index (χ1n) is 7.96. The number of hydrogen-bond donors (Lipinski definition) is 3. The summed E-state index contributed by atoms with van der Waals surface area (Å²) >= 11 is 1.07. The van der Waals surface area contributed by atoms with Gasteiger partial charge in [0.15, 0.2) is 0 Å². The summed E-state index contributed by atoms with van der Waals surface area (Å²) in [4.78, 5) is 23.8. The lowest BCUT2D eigenvalue weighted by atomic mass is 9.96. The Bertz CT molecular complexity index is 717. The number of nitrogens with one attached hydrogen (secondary N) is 2. The van der Waals surface area contributed by atoms with Crippen LogP contribution in [0.4, 0.5) is 0 Å². The number of carboxylic acids is 1. The van der Waals surface area contributed by atoms with Crippen LogP contribution in [0.1, 0.15) is 39.5 Å². The van der Waals surface area contributed by atoms with Crippen molar-refractivity contribution >= 4 is 33.2 Å². The van der Waals surface area contributed by atoms with E-state index in [-0.39, 0.29) is 16.0 Å². The summed E-state index contributed by atoms with van der Waals surface area (Å²) in [7, 11) is -3.89. The van der Waals surface area contributed by atoms with Crippen LogP contribution in [0.5, 0.6) is 0 Å². The van der Waals surface area contributed by atoms with E-state index < -0.39 is 27.4 Å². The molecule has 1 aromatic heterocycles. The maximum atomic E-state index is 12.3. The van der Waals surface area contributed by atoms with Gasteiger partial charge in [-0.3, -0.25) is 9.59 Å². The number of carboxylic acid groups (broad SMARTS) is 1. The normalized spacial score (nSPS) is 13.7. The standard InChI is InChI=1S/C16H26N2O5S2/c1-10(2)13(14(19)20)18-25(22,23)12-7-6-11(24-12)8-9-17-15(21)16(3,4)5/h6-7,10,13,18H,8-9H2,1-5H3,(H,17,21)(H,19,20). The summed E-state index contributed by atoms with van der Waals surface area (Å²) < 4.78 is 27.0. The van der Waals surface area contributed by atoms with Crippen molar-refractivity contribution in [2.24, 2.45) is 11.3 Å². The van der Waals surface area contributed by atoms with Gasteiger partial charge >= 0.3 is 5.97 Å². The van der Waals surface area contributed by atoms with Gasteiger partial charge in [-0.25, -0.2) is 8.42 Å². The minimum Gasteiger partial charge on any atom is -0.480 e. The highest BCUT2D eigenvalue weighted by Crippen LogP contribution is 2.23. The minimum atomic E-state index is -3.89. The SMILES string of the molecule is CC(C)C(NS(=O)(=O)c1ccc(CCNC(=O)C(C)(C)C)s1)C(=O)O. The van der Waals surface area contributed by atoms with Crippen LogP contribution in [0, 0.1) is 11.3 Å². The van der Waals surface area contributed by atoms with Crippen LogP contribution < -0.4 is 10.0 Å². The van der Waals surface area contributed by atoms with E-state index in [2.05, 4.69) is 10.0 Å². The lowest BCUT2D eigenvalue weighted by Crippen LogP contribution is -2.43. The third kappa shape index (κ3) is 6.41. The predicted molar refractivity (Wildman–Crippen MR) is 97.1 cm³/mol. The summed E-state index contributed by atoms with van der Waals surface area (Å²) in [5, 5.41) is 11.9. The summed E-state index contributed by atoms with van der Waals surface area (Å²) in [6, 6.07) is 1.95. The Morgan fingerprint density at radius 3 is 2.32 bits per heavy atom. The number of sulfonamides is 1. The topological polar surface area (TPSA) is 113 Å². The molecule has 0 saturated carbocycles. The van der Waals surface area contributed by atoms with Crippen LogP contribution in [0.15, 0.2) is 16.3 Å². The number of aliphatic carboxylic acids is 1. The molecule has 1 heterocycles. The molecular weight excluding hydrogens is 364 g/mol. The lowest BCUT2D eigenvalue weighted by Gasteiger charge is -2.17. The first-order valence-corrected chi connectivity index (χ1v) is 10.3. The quantitative estimate of drug-likeness (QED) is 0.627. The Morgan fingerprint density at radius 1 is 1.24 bits per heavy atom. The molecule has 0 fully saturated rings. The summed E-state index contributed by atoms with van der Waals surface area (Å²) in [5.41, 5.74) is -0.476. The molecule has 1 amide bonds. The molecule has 0 aliphatic heterocycles. The molecule has 1 aromatic rings. The van der Waals surface area contributed by atoms with E-state index in [0.29, 0.717) is 13.0 Å². The first kappa shape index (κ1) is 21.6. The highest BCUT2D eigenvalue weighted by molar-refractivity contribution is 7.91. The second-order valence-corrected chi connectivity index (χ2v) is 10.3. The van der Waals surface area contributed by atoms with Gasteiger partial charge in [0.1, 0.15) is 10.3 Å². The van der Waals surface area contributed by atoms with Crippen molar-refractivity contribution in [2.45, 2.75) is 51.3 Å². The average Bonchev–Trinajstić information content (AvgIpc) is 2.92. The molecule has 0 spiro atoms. The van der Waals surface area contributed by atoms with E-state index in [4.69, 9.17) is 5.11 Å². The maximum absolute atomic E-state index is 12.3. The molecule has 0 radical (unpaired) electrons. The van der Waals surface area contributed by atoms with Gasteiger partial charge < -0.3 is 10.4 Å². The van der Waals surface area contributed by atoms with Crippen molar-refractivity contribution in [2.75, 3.05) is 6.54 Å². The van der Waals surface area contributed by atoms with Gasteiger partial charge in [0.05, 0.1) is 0 Å². The Balaban J connectivity index is 2.73. The van der Waals surface area contributed by atoms with Crippen molar-refractivity contribution in [3.05, 3.63) is 17.0 Å². The molecular formula is C16H26N2O5S2. The van der Waals surface area contributed by atoms with Gasteiger partial charge in [0, 0.05) is 16.8 Å². The smallest absolute Gasteiger partial charge is 0.322 e. The highest BCUT2D eigenvalue weighted by Gasteiger charge is 2.29. The zero-order chi connectivity index (χ0) is 19.4. The van der Waals surface area contributed by atoms with E-state index in [1.165, 1.54) is 6.07 Å². The molecule has 1 unspecified atom stereocenters. The summed E-state index contributed by atoms with van der Waals surface area (Å²) in [6.07, 6.45) is 0.508. The molecule has 0 aromatic carbocycles. The van der Waals surface area contributed by atoms with Crippen molar-refractivity contribution < 1.29 is 23.1 Å². The fourth-order valence-corrected chi connectivity index (χ4v) is 4.61. The third-order valence-electron chi connectivity index (χ3n) is 3.45. The number of amides is 1. The predicted octanol–water partition coefficient (Wildman–Crippen LogP) is 1.84. The van der Waals surface area contributed by atoms with E-state index in [1.807, 2.05) is 20.8 Å². The van der Waals surface area contributed by atoms with Crippen molar-refractivity contribution in [3.8, 4) is 0 Å². The second kappa shape index (κ2) is 8.29. The van der Waals surface area contributed by atoms with Gasteiger partial charge in [-0.15, -0.1) is 11.3 Å². The van der Waals surface area contributed by atoms with Gasteiger partial charge in [-0.05, 0) is 24.5 Å². The molecule has 0 saturated heterocycles. The van der Waals surface area contributed by atoms with Crippen molar-refractivity contribution in [1.29, 1.82) is 0 Å². The Kier molecular flexibility index (Phi) is 7.16. The summed E-state index contributed by atoms with van der Waals surface area (Å²) in [6.45, 7) is 9.14. The lowest BCUT2D eigenvalue weighted by molar-refractivity contribution is -0.140. The molecule has 142 valence electrons. The Morgan fingerprint density at radius 2 is 1.84 bits per heavy atom. The zero-order valence-corrected chi connectivity index (χ0v) is 16.8. The zero-order valence-electron chi connectivity index (χ0n) is 15.1.